The molecule has 0 bridgehead atoms. The van der Waals surface area contributed by atoms with E-state index in [9.17, 15) is 0 Å². The molecular formula is C9H12N2. The van der Waals surface area contributed by atoms with Crippen LogP contribution in [-0.4, -0.2) is 11.5 Å². The Morgan fingerprint density at radius 1 is 1.64 bits per heavy atom. The molecule has 0 amide bonds. The zero-order valence-corrected chi connectivity index (χ0v) is 6.89. The largest absolute Gasteiger partial charge is 0.369 e. The minimum absolute atomic E-state index is 0.624. The number of anilines is 1. The number of hydrogen-bond donors (Lipinski definition) is 1. The van der Waals surface area contributed by atoms with Gasteiger partial charge in [0.05, 0.1) is 0 Å². The van der Waals surface area contributed by atoms with Crippen LogP contribution in [0.2, 0.25) is 0 Å². The van der Waals surface area contributed by atoms with Gasteiger partial charge in [-0.1, -0.05) is 6.92 Å². The van der Waals surface area contributed by atoms with Crippen LogP contribution in [0.1, 0.15) is 24.0 Å². The first kappa shape index (κ1) is 6.65. The van der Waals surface area contributed by atoms with Crippen molar-refractivity contribution in [3.05, 3.63) is 23.4 Å². The highest BCUT2D eigenvalue weighted by Gasteiger charge is 2.20. The highest BCUT2D eigenvalue weighted by molar-refractivity contribution is 5.54. The zero-order valence-electron chi connectivity index (χ0n) is 6.89. The van der Waals surface area contributed by atoms with Crippen LogP contribution in [0.15, 0.2) is 12.3 Å². The molecule has 0 radical (unpaired) electrons. The summed E-state index contributed by atoms with van der Waals surface area (Å²) in [5, 5.41) is 3.28. The van der Waals surface area contributed by atoms with Crippen LogP contribution in [0.25, 0.3) is 0 Å². The number of hydrogen-bond acceptors (Lipinski definition) is 2. The van der Waals surface area contributed by atoms with Gasteiger partial charge in [0.2, 0.25) is 0 Å². The Hall–Kier alpha value is -1.05. The lowest BCUT2D eigenvalue weighted by molar-refractivity contribution is 0.847. The van der Waals surface area contributed by atoms with Crippen LogP contribution < -0.4 is 5.32 Å². The smallest absolute Gasteiger partial charge is 0.129 e. The first-order valence-electron chi connectivity index (χ1n) is 3.98. The van der Waals surface area contributed by atoms with E-state index in [1.165, 1.54) is 11.1 Å². The number of aromatic nitrogens is 1. The summed E-state index contributed by atoms with van der Waals surface area (Å²) in [6.07, 6.45) is 1.86. The molecule has 1 aromatic heterocycles. The number of pyridine rings is 1. The topological polar surface area (TPSA) is 24.9 Å². The average molecular weight is 148 g/mol. The van der Waals surface area contributed by atoms with Gasteiger partial charge in [-0.3, -0.25) is 0 Å². The van der Waals surface area contributed by atoms with Crippen molar-refractivity contribution in [2.24, 2.45) is 0 Å². The molecule has 58 valence electrons. The molecule has 11 heavy (non-hydrogen) atoms. The highest BCUT2D eigenvalue weighted by Crippen LogP contribution is 2.31. The molecular weight excluding hydrogens is 136 g/mol. The second kappa shape index (κ2) is 2.22. The van der Waals surface area contributed by atoms with Gasteiger partial charge in [0.25, 0.3) is 0 Å². The molecule has 1 aliphatic heterocycles. The Balaban J connectivity index is 2.58. The van der Waals surface area contributed by atoms with Crippen LogP contribution in [0, 0.1) is 6.92 Å². The third-order valence-electron chi connectivity index (χ3n) is 2.28. The van der Waals surface area contributed by atoms with Crippen LogP contribution >= 0.6 is 0 Å². The van der Waals surface area contributed by atoms with Gasteiger partial charge in [-0.2, -0.15) is 0 Å². The predicted molar refractivity (Wildman–Crippen MR) is 45.9 cm³/mol. The Bertz CT molecular complexity index is 281. The number of nitrogens with zero attached hydrogens (tertiary/aromatic N) is 1. The van der Waals surface area contributed by atoms with Gasteiger partial charge in [0.1, 0.15) is 5.82 Å². The third-order valence-corrected chi connectivity index (χ3v) is 2.28. The van der Waals surface area contributed by atoms with Crippen molar-refractivity contribution in [1.29, 1.82) is 0 Å². The van der Waals surface area contributed by atoms with E-state index in [1.54, 1.807) is 0 Å². The number of fused-ring (bicyclic) bond motifs is 1. The maximum absolute atomic E-state index is 4.26. The van der Waals surface area contributed by atoms with E-state index >= 15 is 0 Å². The van der Waals surface area contributed by atoms with Gasteiger partial charge in [-0.05, 0) is 18.6 Å². The van der Waals surface area contributed by atoms with Crippen molar-refractivity contribution in [1.82, 2.24) is 4.98 Å². The molecule has 2 heterocycles. The summed E-state index contributed by atoms with van der Waals surface area (Å²) >= 11 is 0. The normalized spacial score (nSPS) is 21.1. The Morgan fingerprint density at radius 2 is 2.45 bits per heavy atom. The van der Waals surface area contributed by atoms with E-state index < -0.39 is 0 Å². The van der Waals surface area contributed by atoms with E-state index in [1.807, 2.05) is 6.20 Å². The van der Waals surface area contributed by atoms with E-state index in [2.05, 4.69) is 30.2 Å². The van der Waals surface area contributed by atoms with Crippen LogP contribution in [-0.2, 0) is 0 Å². The lowest BCUT2D eigenvalue weighted by Crippen LogP contribution is -1.96. The fourth-order valence-electron chi connectivity index (χ4n) is 1.68. The summed E-state index contributed by atoms with van der Waals surface area (Å²) in [6.45, 7) is 5.41. The second-order valence-electron chi connectivity index (χ2n) is 3.17. The molecule has 1 N–H and O–H groups in total. The van der Waals surface area contributed by atoms with Crippen LogP contribution in [0.5, 0.6) is 0 Å². The molecule has 1 aromatic rings. The summed E-state index contributed by atoms with van der Waals surface area (Å²) in [6, 6.07) is 2.07. The lowest BCUT2D eigenvalue weighted by Gasteiger charge is -2.04. The lowest BCUT2D eigenvalue weighted by atomic mass is 10.0. The maximum Gasteiger partial charge on any atom is 0.129 e. The molecule has 0 aromatic carbocycles. The quantitative estimate of drug-likeness (QED) is 0.608. The Kier molecular flexibility index (Phi) is 1.34. The number of aryl methyl sites for hydroxylation is 1. The van der Waals surface area contributed by atoms with Crippen molar-refractivity contribution >= 4 is 5.82 Å². The van der Waals surface area contributed by atoms with E-state index in [0.29, 0.717) is 5.92 Å². The van der Waals surface area contributed by atoms with Gasteiger partial charge in [0.15, 0.2) is 0 Å². The maximum atomic E-state index is 4.26. The Morgan fingerprint density at radius 3 is 3.18 bits per heavy atom. The van der Waals surface area contributed by atoms with Crippen molar-refractivity contribution in [2.45, 2.75) is 19.8 Å². The van der Waals surface area contributed by atoms with Crippen molar-refractivity contribution in [2.75, 3.05) is 11.9 Å². The monoisotopic (exact) mass is 148 g/mol. The van der Waals surface area contributed by atoms with Crippen molar-refractivity contribution < 1.29 is 0 Å². The highest BCUT2D eigenvalue weighted by atomic mass is 15.0. The van der Waals surface area contributed by atoms with Gasteiger partial charge in [0, 0.05) is 24.2 Å². The van der Waals surface area contributed by atoms with Gasteiger partial charge < -0.3 is 5.32 Å². The predicted octanol–water partition coefficient (Wildman–Crippen LogP) is 1.92. The summed E-state index contributed by atoms with van der Waals surface area (Å²) in [4.78, 5) is 4.26. The molecule has 0 aliphatic carbocycles. The van der Waals surface area contributed by atoms with Gasteiger partial charge >= 0.3 is 0 Å². The summed E-state index contributed by atoms with van der Waals surface area (Å²) < 4.78 is 0. The molecule has 0 saturated carbocycles. The fourth-order valence-corrected chi connectivity index (χ4v) is 1.68. The Labute approximate surface area is 66.7 Å². The molecule has 2 heteroatoms. The molecule has 0 spiro atoms. The van der Waals surface area contributed by atoms with Crippen molar-refractivity contribution in [3.63, 3.8) is 0 Å². The van der Waals surface area contributed by atoms with Gasteiger partial charge in [-0.25, -0.2) is 4.98 Å². The fraction of sp³-hybridized carbons (Fsp3) is 0.444. The van der Waals surface area contributed by atoms with E-state index in [0.717, 1.165) is 12.4 Å². The van der Waals surface area contributed by atoms with E-state index in [-0.39, 0.29) is 0 Å². The first-order chi connectivity index (χ1) is 5.29. The number of rotatable bonds is 0. The molecule has 0 saturated heterocycles. The minimum Gasteiger partial charge on any atom is -0.369 e. The molecule has 1 aliphatic rings. The number of nitrogens with one attached hydrogen (secondary N) is 1. The van der Waals surface area contributed by atoms with Crippen LogP contribution in [0.3, 0.4) is 0 Å². The molecule has 2 nitrogen and oxygen atoms in total. The third kappa shape index (κ3) is 0.897. The first-order valence-corrected chi connectivity index (χ1v) is 3.98. The molecule has 1 atom stereocenters. The molecule has 0 fully saturated rings. The van der Waals surface area contributed by atoms with E-state index in [4.69, 9.17) is 0 Å². The summed E-state index contributed by atoms with van der Waals surface area (Å²) in [5.41, 5.74) is 2.75. The molecule has 2 rings (SSSR count). The van der Waals surface area contributed by atoms with Crippen molar-refractivity contribution in [3.8, 4) is 0 Å². The van der Waals surface area contributed by atoms with Crippen LogP contribution in [0.4, 0.5) is 5.82 Å². The SMILES string of the molecule is Cc1ccnc2c1C(C)CN2. The minimum atomic E-state index is 0.624. The average Bonchev–Trinajstić information content (AvgIpc) is 2.34. The summed E-state index contributed by atoms with van der Waals surface area (Å²) in [5.74, 6) is 1.70. The van der Waals surface area contributed by atoms with Gasteiger partial charge in [-0.15, -0.1) is 0 Å². The zero-order chi connectivity index (χ0) is 7.84. The molecule has 1 unspecified atom stereocenters. The standard InChI is InChI=1S/C9H12N2/c1-6-3-4-10-9-8(6)7(2)5-11-9/h3-4,7H,5H2,1-2H3,(H,10,11). The second-order valence-corrected chi connectivity index (χ2v) is 3.17. The summed E-state index contributed by atoms with van der Waals surface area (Å²) in [7, 11) is 0.